The Labute approximate surface area is 570 Å². The molecule has 4 amide bonds. The molecule has 0 unspecified atom stereocenters. The molecule has 2 atom stereocenters. The summed E-state index contributed by atoms with van der Waals surface area (Å²) in [6, 6.07) is 28.3. The van der Waals surface area contributed by atoms with E-state index in [1.165, 1.54) is 0 Å². The second-order valence-corrected chi connectivity index (χ2v) is 29.5. The van der Waals surface area contributed by atoms with Gasteiger partial charge in [0.15, 0.2) is 11.6 Å². The van der Waals surface area contributed by atoms with Gasteiger partial charge >= 0.3 is 0 Å². The van der Waals surface area contributed by atoms with Crippen LogP contribution < -0.4 is 31.1 Å². The van der Waals surface area contributed by atoms with Crippen LogP contribution in [-0.4, -0.2) is 140 Å². The maximum Gasteiger partial charge on any atom is 0.251 e. The van der Waals surface area contributed by atoms with Crippen molar-refractivity contribution in [2.45, 2.75) is 181 Å². The summed E-state index contributed by atoms with van der Waals surface area (Å²) >= 11 is 0. The summed E-state index contributed by atoms with van der Waals surface area (Å²) in [7, 11) is 3.24. The molecule has 4 fully saturated rings. The maximum atomic E-state index is 14.0. The highest BCUT2D eigenvalue weighted by molar-refractivity contribution is 6.10. The molecule has 516 valence electrons. The quantitative estimate of drug-likeness (QED) is 0.0671. The van der Waals surface area contributed by atoms with Crippen molar-refractivity contribution in [3.63, 3.8) is 0 Å². The first-order valence-electron chi connectivity index (χ1n) is 34.7. The van der Waals surface area contributed by atoms with E-state index in [-0.39, 0.29) is 59.9 Å². The molecule has 14 rings (SSSR count). The number of likely N-dealkylation sites (tertiary alicyclic amines) is 2. The molecule has 4 aromatic carbocycles. The average molecular weight is 1340 g/mol. The third-order valence-corrected chi connectivity index (χ3v) is 21.8. The van der Waals surface area contributed by atoms with Gasteiger partial charge in [-0.25, -0.2) is 37.5 Å². The Hall–Kier alpha value is -8.76. The molecule has 2 saturated heterocycles. The van der Waals surface area contributed by atoms with E-state index >= 15 is 0 Å². The molecule has 4 N–H and O–H groups in total. The Kier molecular flexibility index (Phi) is 18.3. The van der Waals surface area contributed by atoms with Gasteiger partial charge in [0, 0.05) is 120 Å². The van der Waals surface area contributed by atoms with E-state index in [1.807, 2.05) is 137 Å². The first-order valence-corrected chi connectivity index (χ1v) is 34.7. The van der Waals surface area contributed by atoms with Crippen LogP contribution in [0.25, 0.3) is 44.6 Å². The molecule has 98 heavy (non-hydrogen) atoms. The van der Waals surface area contributed by atoms with Crippen molar-refractivity contribution < 1.29 is 36.7 Å². The number of hydrogen-bond donors (Lipinski definition) is 4. The van der Waals surface area contributed by atoms with Gasteiger partial charge in [0.05, 0.1) is 45.9 Å². The minimum atomic E-state index is -2.29. The third-order valence-electron chi connectivity index (χ3n) is 21.8. The van der Waals surface area contributed by atoms with Crippen LogP contribution in [0, 0.1) is 25.7 Å². The van der Waals surface area contributed by atoms with Crippen LogP contribution in [0.5, 0.6) is 0 Å². The summed E-state index contributed by atoms with van der Waals surface area (Å²) in [6.07, 6.45) is 4.93. The number of rotatable bonds is 16. The number of nitrogens with zero attached hydrogens (tertiary/aromatic N) is 10. The molecule has 6 aliphatic rings. The van der Waals surface area contributed by atoms with E-state index < -0.39 is 35.5 Å². The summed E-state index contributed by atoms with van der Waals surface area (Å²) in [6.45, 7) is 22.6. The van der Waals surface area contributed by atoms with E-state index in [0.29, 0.717) is 60.1 Å². The van der Waals surface area contributed by atoms with Crippen LogP contribution >= 0.6 is 0 Å². The summed E-state index contributed by atoms with van der Waals surface area (Å²) in [5, 5.41) is 12.4. The number of fused-ring (bicyclic) bond motifs is 4. The topological polar surface area (TPSA) is 191 Å². The van der Waals surface area contributed by atoms with Gasteiger partial charge in [-0.2, -0.15) is 0 Å². The number of nitrogens with one attached hydrogen (secondary N) is 4. The molecule has 4 aliphatic heterocycles. The Morgan fingerprint density at radius 2 is 0.918 bits per heavy atom. The number of anilines is 6. The van der Waals surface area contributed by atoms with Crippen LogP contribution in [0.2, 0.25) is 0 Å². The predicted octanol–water partition coefficient (Wildman–Crippen LogP) is 14.4. The zero-order chi connectivity index (χ0) is 69.5. The van der Waals surface area contributed by atoms with Crippen LogP contribution in [0.15, 0.2) is 97.6 Å². The summed E-state index contributed by atoms with van der Waals surface area (Å²) < 4.78 is 58.2. The van der Waals surface area contributed by atoms with Gasteiger partial charge in [0.25, 0.3) is 11.8 Å². The highest BCUT2D eigenvalue weighted by atomic mass is 19.3. The number of benzene rings is 4. The Morgan fingerprint density at radius 1 is 0.531 bits per heavy atom. The van der Waals surface area contributed by atoms with Gasteiger partial charge in [-0.1, -0.05) is 36.4 Å². The van der Waals surface area contributed by atoms with Crippen molar-refractivity contribution in [3.05, 3.63) is 131 Å². The average Bonchev–Trinajstić information content (AvgIpc) is 1.57. The first kappa shape index (κ1) is 67.8. The number of aryl methyl sites for hydroxylation is 2. The Bertz CT molecular complexity index is 4140. The molecule has 8 aromatic rings. The maximum absolute atomic E-state index is 14.0. The number of carbonyl (C=O) groups is 4. The SMILES string of the molecule is CNC(=O)c1cc(Nc2nc(-c3ccc4c(c3)N(C3CC(N5CCC[C@@H](C(F)F)C5)C3)C(=O)C4(C)C)cc3ncn(C(C)C)c23)ccc1C.CNC(=O)c1cc(Nc2nc(-c3ccc4c(c3)N(C3CC(N5CCC[C@H](C(F)F)C5)C3)C(=O)C4(C)C)cc3ncn(C(C)C)c23)ccc1C. The molecular weight excluding hydrogens is 1250 g/mol. The highest BCUT2D eigenvalue weighted by Gasteiger charge is 2.52. The monoisotopic (exact) mass is 1340 g/mol. The van der Waals surface area contributed by atoms with Gasteiger partial charge in [0.2, 0.25) is 24.7 Å². The van der Waals surface area contributed by atoms with Crippen LogP contribution in [0.4, 0.5) is 51.9 Å². The largest absolute Gasteiger partial charge is 0.355 e. The second-order valence-electron chi connectivity index (χ2n) is 29.5. The van der Waals surface area contributed by atoms with E-state index in [4.69, 9.17) is 19.9 Å². The lowest BCUT2D eigenvalue weighted by atomic mass is 9.82. The molecule has 22 heteroatoms. The molecule has 8 heterocycles. The van der Waals surface area contributed by atoms with Crippen molar-refractivity contribution in [2.24, 2.45) is 11.8 Å². The number of pyridine rings is 2. The normalized spacial score (nSPS) is 22.1. The Morgan fingerprint density at radius 3 is 1.28 bits per heavy atom. The molecule has 0 bridgehead atoms. The number of aromatic nitrogens is 6. The number of halogens is 4. The lowest BCUT2D eigenvalue weighted by Crippen LogP contribution is -2.58. The second kappa shape index (κ2) is 26.5. The van der Waals surface area contributed by atoms with Crippen LogP contribution in [-0.2, 0) is 20.4 Å². The fraction of sp³-hybridized carbons (Fsp3) is 0.474. The molecule has 4 aromatic heterocycles. The molecule has 0 spiro atoms. The van der Waals surface area contributed by atoms with Crippen molar-refractivity contribution in [1.29, 1.82) is 0 Å². The molecular formula is C76H90F4N14O4. The highest BCUT2D eigenvalue weighted by Crippen LogP contribution is 2.51. The van der Waals surface area contributed by atoms with E-state index in [9.17, 15) is 36.7 Å². The van der Waals surface area contributed by atoms with Gasteiger partial charge < -0.3 is 40.2 Å². The molecule has 18 nitrogen and oxygen atoms in total. The number of hydrogen-bond acceptors (Lipinski definition) is 12. The first-order chi connectivity index (χ1) is 46.7. The summed E-state index contributed by atoms with van der Waals surface area (Å²) in [5.74, 6) is -0.0842. The van der Waals surface area contributed by atoms with Gasteiger partial charge in [-0.05, 0) is 204 Å². The summed E-state index contributed by atoms with van der Waals surface area (Å²) in [4.78, 5) is 81.2. The standard InChI is InChI=1S/2C38H45F2N7O2/c2*1-21(2)46-20-42-31-18-30(44-35(33(31)46)43-25-11-9-22(3)28(15-25)36(48)41-6)23-10-12-29-32(14-23)47(37(49)38(29,4)5)27-16-26(17-27)45-13-7-8-24(19-45)34(39)40/h2*9-12,14-15,18,20-21,24,26-27,34H,7-8,13,16-17,19H2,1-6H3,(H,41,48)(H,43,44)/t2*24-,26?,27?/m10/s1. The zero-order valence-corrected chi connectivity index (χ0v) is 58.1. The number of piperidine rings is 2. The zero-order valence-electron chi connectivity index (χ0n) is 58.1. The van der Waals surface area contributed by atoms with Crippen molar-refractivity contribution >= 4 is 80.1 Å². The van der Waals surface area contributed by atoms with Crippen LogP contribution in [0.1, 0.15) is 162 Å². The van der Waals surface area contributed by atoms with E-state index in [0.717, 1.165) is 130 Å². The predicted molar refractivity (Wildman–Crippen MR) is 378 cm³/mol. The van der Waals surface area contributed by atoms with E-state index in [1.54, 1.807) is 14.1 Å². The smallest absolute Gasteiger partial charge is 0.251 e. The van der Waals surface area contributed by atoms with Crippen molar-refractivity contribution in [2.75, 3.05) is 60.7 Å². The minimum Gasteiger partial charge on any atom is -0.355 e. The number of imidazole rings is 2. The third kappa shape index (κ3) is 12.3. The fourth-order valence-corrected chi connectivity index (χ4v) is 15.7. The van der Waals surface area contributed by atoms with Gasteiger partial charge in [0.1, 0.15) is 11.0 Å². The van der Waals surface area contributed by atoms with E-state index in [2.05, 4.69) is 80.0 Å². The lowest BCUT2D eigenvalue weighted by Gasteiger charge is -2.49. The lowest BCUT2D eigenvalue weighted by molar-refractivity contribution is -0.124. The minimum absolute atomic E-state index is 0.0191. The number of alkyl halides is 4. The van der Waals surface area contributed by atoms with Crippen molar-refractivity contribution in [1.82, 2.24) is 49.5 Å². The molecule has 2 aliphatic carbocycles. The number of amides is 4. The summed E-state index contributed by atoms with van der Waals surface area (Å²) in [5.41, 5.74) is 13.1. The van der Waals surface area contributed by atoms with Crippen LogP contribution in [0.3, 0.4) is 0 Å². The van der Waals surface area contributed by atoms with Gasteiger partial charge in [-0.3, -0.25) is 29.0 Å². The Balaban J connectivity index is 0.000000176. The van der Waals surface area contributed by atoms with Crippen molar-refractivity contribution in [3.8, 4) is 22.5 Å². The van der Waals surface area contributed by atoms with Gasteiger partial charge in [-0.15, -0.1) is 0 Å². The molecule has 2 saturated carbocycles. The fourth-order valence-electron chi connectivity index (χ4n) is 15.7. The molecule has 0 radical (unpaired) electrons. The number of carbonyl (C=O) groups excluding carboxylic acids is 4.